The van der Waals surface area contributed by atoms with Crippen LogP contribution in [0.3, 0.4) is 0 Å². The lowest BCUT2D eigenvalue weighted by molar-refractivity contribution is -0.00954. The van der Waals surface area contributed by atoms with Gasteiger partial charge >= 0.3 is 0 Å². The Morgan fingerprint density at radius 3 is 3.08 bits per heavy atom. The van der Waals surface area contributed by atoms with E-state index in [4.69, 9.17) is 4.74 Å². The Morgan fingerprint density at radius 2 is 2.46 bits per heavy atom. The van der Waals surface area contributed by atoms with Crippen molar-refractivity contribution in [3.05, 3.63) is 0 Å². The van der Waals surface area contributed by atoms with Crippen LogP contribution in [-0.4, -0.2) is 35.9 Å². The zero-order valence-corrected chi connectivity index (χ0v) is 9.18. The Balaban J connectivity index is 2.09. The summed E-state index contributed by atoms with van der Waals surface area (Å²) in [5, 5.41) is 9.81. The Morgan fingerprint density at radius 1 is 1.62 bits per heavy atom. The monoisotopic (exact) mass is 204 g/mol. The molecule has 0 aromatic carbocycles. The molecule has 1 aliphatic rings. The molecule has 0 saturated carbocycles. The zero-order valence-electron chi connectivity index (χ0n) is 8.37. The van der Waals surface area contributed by atoms with Gasteiger partial charge in [0, 0.05) is 12.5 Å². The molecular formula is C10H20O2S. The van der Waals surface area contributed by atoms with Crippen LogP contribution in [-0.2, 0) is 4.74 Å². The molecule has 1 fully saturated rings. The molecule has 0 aliphatic carbocycles. The summed E-state index contributed by atoms with van der Waals surface area (Å²) in [6, 6.07) is 0. The summed E-state index contributed by atoms with van der Waals surface area (Å²) in [5.41, 5.74) is 0. The molecule has 2 atom stereocenters. The largest absolute Gasteiger partial charge is 0.393 e. The minimum Gasteiger partial charge on any atom is -0.393 e. The van der Waals surface area contributed by atoms with Crippen molar-refractivity contribution in [3.8, 4) is 0 Å². The van der Waals surface area contributed by atoms with Gasteiger partial charge < -0.3 is 9.84 Å². The van der Waals surface area contributed by atoms with Gasteiger partial charge in [-0.05, 0) is 30.8 Å². The van der Waals surface area contributed by atoms with E-state index < -0.39 is 0 Å². The van der Waals surface area contributed by atoms with Crippen LogP contribution < -0.4 is 0 Å². The van der Waals surface area contributed by atoms with Gasteiger partial charge in [-0.25, -0.2) is 0 Å². The maximum Gasteiger partial charge on any atom is 0.0598 e. The second-order valence-electron chi connectivity index (χ2n) is 3.53. The van der Waals surface area contributed by atoms with Gasteiger partial charge in [-0.1, -0.05) is 6.92 Å². The predicted octanol–water partition coefficient (Wildman–Crippen LogP) is 1.92. The molecule has 1 aliphatic heterocycles. The van der Waals surface area contributed by atoms with Gasteiger partial charge in [0.05, 0.1) is 12.7 Å². The minimum atomic E-state index is -0.139. The van der Waals surface area contributed by atoms with Crippen LogP contribution >= 0.6 is 11.8 Å². The summed E-state index contributed by atoms with van der Waals surface area (Å²) in [5.74, 6) is 2.62. The molecule has 0 aromatic rings. The Bertz CT molecular complexity index is 124. The van der Waals surface area contributed by atoms with Gasteiger partial charge in [0.1, 0.15) is 0 Å². The molecule has 78 valence electrons. The van der Waals surface area contributed by atoms with Crippen LogP contribution in [0.4, 0.5) is 0 Å². The molecule has 0 bridgehead atoms. The summed E-state index contributed by atoms with van der Waals surface area (Å²) in [6.07, 6.45) is 3.03. The first-order valence-electron chi connectivity index (χ1n) is 5.18. The molecule has 0 aromatic heterocycles. The third-order valence-electron chi connectivity index (χ3n) is 2.50. The standard InChI is InChI=1S/C10H20O2S/c1-2-13-7-5-10(11)9-4-3-6-12-8-9/h9-11H,2-8H2,1H3. The van der Waals surface area contributed by atoms with Crippen molar-refractivity contribution >= 4 is 11.8 Å². The van der Waals surface area contributed by atoms with Gasteiger partial charge in [-0.15, -0.1) is 0 Å². The lowest BCUT2D eigenvalue weighted by Gasteiger charge is -2.26. The number of hydrogen-bond donors (Lipinski definition) is 1. The molecule has 3 heteroatoms. The molecule has 2 unspecified atom stereocenters. The van der Waals surface area contributed by atoms with Crippen molar-refractivity contribution in [2.45, 2.75) is 32.3 Å². The first kappa shape index (κ1) is 11.3. The minimum absolute atomic E-state index is 0.139. The van der Waals surface area contributed by atoms with Crippen LogP contribution in [0.2, 0.25) is 0 Å². The second-order valence-corrected chi connectivity index (χ2v) is 4.92. The van der Waals surface area contributed by atoms with Crippen molar-refractivity contribution in [1.82, 2.24) is 0 Å². The van der Waals surface area contributed by atoms with Crippen molar-refractivity contribution < 1.29 is 9.84 Å². The Hall–Kier alpha value is 0.270. The number of ether oxygens (including phenoxy) is 1. The van der Waals surface area contributed by atoms with E-state index in [2.05, 4.69) is 6.92 Å². The first-order valence-corrected chi connectivity index (χ1v) is 6.33. The maximum absolute atomic E-state index is 9.81. The molecule has 0 radical (unpaired) electrons. The average molecular weight is 204 g/mol. The summed E-state index contributed by atoms with van der Waals surface area (Å²) in [4.78, 5) is 0. The second kappa shape index (κ2) is 6.68. The highest BCUT2D eigenvalue weighted by Crippen LogP contribution is 2.20. The van der Waals surface area contributed by atoms with E-state index in [9.17, 15) is 5.11 Å². The predicted molar refractivity (Wildman–Crippen MR) is 57.2 cm³/mol. The highest BCUT2D eigenvalue weighted by atomic mass is 32.2. The maximum atomic E-state index is 9.81. The summed E-state index contributed by atoms with van der Waals surface area (Å²) >= 11 is 1.90. The van der Waals surface area contributed by atoms with Crippen LogP contribution in [0, 0.1) is 5.92 Å². The molecule has 1 rings (SSSR count). The van der Waals surface area contributed by atoms with E-state index in [1.165, 1.54) is 0 Å². The quantitative estimate of drug-likeness (QED) is 0.694. The molecule has 2 nitrogen and oxygen atoms in total. The smallest absolute Gasteiger partial charge is 0.0598 e. The molecule has 1 heterocycles. The fourth-order valence-corrected chi connectivity index (χ4v) is 2.35. The topological polar surface area (TPSA) is 29.5 Å². The highest BCUT2D eigenvalue weighted by molar-refractivity contribution is 7.99. The lowest BCUT2D eigenvalue weighted by atomic mass is 9.94. The highest BCUT2D eigenvalue weighted by Gasteiger charge is 2.21. The molecular weight excluding hydrogens is 184 g/mol. The van der Waals surface area contributed by atoms with Gasteiger partial charge in [0.2, 0.25) is 0 Å². The first-order chi connectivity index (χ1) is 6.34. The number of aliphatic hydroxyl groups is 1. The summed E-state index contributed by atoms with van der Waals surface area (Å²) in [7, 11) is 0. The van der Waals surface area contributed by atoms with E-state index in [0.717, 1.165) is 44.0 Å². The van der Waals surface area contributed by atoms with Gasteiger partial charge in [-0.3, -0.25) is 0 Å². The van der Waals surface area contributed by atoms with Crippen LogP contribution in [0.5, 0.6) is 0 Å². The summed E-state index contributed by atoms with van der Waals surface area (Å²) in [6.45, 7) is 3.80. The molecule has 13 heavy (non-hydrogen) atoms. The fourth-order valence-electron chi connectivity index (χ4n) is 1.65. The summed E-state index contributed by atoms with van der Waals surface area (Å²) < 4.78 is 5.34. The molecule has 0 amide bonds. The number of rotatable bonds is 5. The Labute approximate surface area is 85.0 Å². The molecule has 0 spiro atoms. The number of thioether (sulfide) groups is 1. The molecule has 1 N–H and O–H groups in total. The fraction of sp³-hybridized carbons (Fsp3) is 1.00. The number of aliphatic hydroxyl groups excluding tert-OH is 1. The van der Waals surface area contributed by atoms with Crippen molar-refractivity contribution in [1.29, 1.82) is 0 Å². The van der Waals surface area contributed by atoms with Crippen molar-refractivity contribution in [2.24, 2.45) is 5.92 Å². The third-order valence-corrected chi connectivity index (χ3v) is 3.43. The van der Waals surface area contributed by atoms with Crippen LogP contribution in [0.25, 0.3) is 0 Å². The third kappa shape index (κ3) is 4.34. The van der Waals surface area contributed by atoms with E-state index in [0.29, 0.717) is 5.92 Å². The van der Waals surface area contributed by atoms with Crippen molar-refractivity contribution in [3.63, 3.8) is 0 Å². The van der Waals surface area contributed by atoms with E-state index >= 15 is 0 Å². The van der Waals surface area contributed by atoms with Gasteiger partial charge in [-0.2, -0.15) is 11.8 Å². The van der Waals surface area contributed by atoms with Crippen LogP contribution in [0.15, 0.2) is 0 Å². The SMILES string of the molecule is CCSCCC(O)C1CCCOC1. The normalized spacial score (nSPS) is 25.8. The number of hydrogen-bond acceptors (Lipinski definition) is 3. The molecule has 1 saturated heterocycles. The Kier molecular flexibility index (Phi) is 5.83. The average Bonchev–Trinajstić information content (AvgIpc) is 2.19. The van der Waals surface area contributed by atoms with E-state index in [1.54, 1.807) is 0 Å². The van der Waals surface area contributed by atoms with E-state index in [-0.39, 0.29) is 6.10 Å². The van der Waals surface area contributed by atoms with E-state index in [1.807, 2.05) is 11.8 Å². The van der Waals surface area contributed by atoms with Gasteiger partial charge in [0.25, 0.3) is 0 Å². The van der Waals surface area contributed by atoms with Crippen molar-refractivity contribution in [2.75, 3.05) is 24.7 Å². The van der Waals surface area contributed by atoms with Gasteiger partial charge in [0.15, 0.2) is 0 Å². The zero-order chi connectivity index (χ0) is 9.52. The van der Waals surface area contributed by atoms with Crippen LogP contribution in [0.1, 0.15) is 26.2 Å². The lowest BCUT2D eigenvalue weighted by Crippen LogP contribution is -2.29.